The zero-order valence-electron chi connectivity index (χ0n) is 11.5. The first-order chi connectivity index (χ1) is 9.38. The Morgan fingerprint density at radius 3 is 2.79 bits per heavy atom. The van der Waals surface area contributed by atoms with Crippen LogP contribution in [0.5, 0.6) is 0 Å². The number of nitrogens with zero attached hydrogens (tertiary/aromatic N) is 2. The third-order valence-corrected chi connectivity index (χ3v) is 4.30. The average molecular weight is 255 g/mol. The summed E-state index contributed by atoms with van der Waals surface area (Å²) in [6.45, 7) is 0. The molecule has 1 aliphatic rings. The second kappa shape index (κ2) is 5.66. The number of fused-ring (bicyclic) bond motifs is 1. The van der Waals surface area contributed by atoms with Gasteiger partial charge in [-0.05, 0) is 31.0 Å². The molecular weight excluding hydrogens is 234 g/mol. The van der Waals surface area contributed by atoms with Crippen molar-refractivity contribution in [3.8, 4) is 0 Å². The molecule has 0 radical (unpaired) electrons. The van der Waals surface area contributed by atoms with E-state index in [-0.39, 0.29) is 0 Å². The molecule has 1 aromatic carbocycles. The molecule has 100 valence electrons. The van der Waals surface area contributed by atoms with Crippen LogP contribution in [-0.2, 0) is 0 Å². The predicted molar refractivity (Wildman–Crippen MR) is 77.9 cm³/mol. The standard InChI is InChI=1S/C16H21N3/c1-17-15(11-12-5-2-3-6-12)13-7-4-8-14-16(13)19-10-9-18-14/h4,7-10,12,15,17H,2-3,5-6,11H2,1H3. The van der Waals surface area contributed by atoms with Crippen molar-refractivity contribution in [2.45, 2.75) is 38.1 Å². The van der Waals surface area contributed by atoms with Gasteiger partial charge < -0.3 is 5.32 Å². The molecule has 0 spiro atoms. The van der Waals surface area contributed by atoms with Crippen LogP contribution in [0.25, 0.3) is 11.0 Å². The van der Waals surface area contributed by atoms with E-state index in [0.717, 1.165) is 17.0 Å². The number of benzene rings is 1. The van der Waals surface area contributed by atoms with Crippen molar-refractivity contribution in [1.82, 2.24) is 15.3 Å². The molecule has 19 heavy (non-hydrogen) atoms. The van der Waals surface area contributed by atoms with Gasteiger partial charge in [0.2, 0.25) is 0 Å². The quantitative estimate of drug-likeness (QED) is 0.909. The molecular formula is C16H21N3. The summed E-state index contributed by atoms with van der Waals surface area (Å²) in [6.07, 6.45) is 10.3. The lowest BCUT2D eigenvalue weighted by Crippen LogP contribution is -2.19. The minimum atomic E-state index is 0.392. The van der Waals surface area contributed by atoms with Gasteiger partial charge in [-0.3, -0.25) is 9.97 Å². The fraction of sp³-hybridized carbons (Fsp3) is 0.500. The summed E-state index contributed by atoms with van der Waals surface area (Å²) >= 11 is 0. The summed E-state index contributed by atoms with van der Waals surface area (Å²) in [5.74, 6) is 0.865. The maximum atomic E-state index is 4.52. The van der Waals surface area contributed by atoms with E-state index in [9.17, 15) is 0 Å². The maximum absolute atomic E-state index is 4.52. The predicted octanol–water partition coefficient (Wildman–Crippen LogP) is 3.47. The van der Waals surface area contributed by atoms with Crippen LogP contribution in [0.1, 0.15) is 43.7 Å². The Labute approximate surface area is 114 Å². The maximum Gasteiger partial charge on any atom is 0.0934 e. The van der Waals surface area contributed by atoms with Gasteiger partial charge in [-0.2, -0.15) is 0 Å². The molecule has 2 aromatic rings. The summed E-state index contributed by atoms with van der Waals surface area (Å²) < 4.78 is 0. The Hall–Kier alpha value is -1.48. The second-order valence-electron chi connectivity index (χ2n) is 5.50. The van der Waals surface area contributed by atoms with Gasteiger partial charge >= 0.3 is 0 Å². The largest absolute Gasteiger partial charge is 0.313 e. The Kier molecular flexibility index (Phi) is 3.74. The van der Waals surface area contributed by atoms with Gasteiger partial charge in [0.25, 0.3) is 0 Å². The molecule has 1 aromatic heterocycles. The average Bonchev–Trinajstić information content (AvgIpc) is 2.97. The second-order valence-corrected chi connectivity index (χ2v) is 5.50. The lowest BCUT2D eigenvalue weighted by atomic mass is 9.93. The van der Waals surface area contributed by atoms with Crippen molar-refractivity contribution in [2.24, 2.45) is 5.92 Å². The van der Waals surface area contributed by atoms with Crippen molar-refractivity contribution in [2.75, 3.05) is 7.05 Å². The number of rotatable bonds is 4. The van der Waals surface area contributed by atoms with Gasteiger partial charge in [-0.1, -0.05) is 37.8 Å². The molecule has 0 saturated heterocycles. The van der Waals surface area contributed by atoms with E-state index in [1.807, 2.05) is 6.07 Å². The van der Waals surface area contributed by atoms with Crippen LogP contribution in [0.4, 0.5) is 0 Å². The van der Waals surface area contributed by atoms with Crippen LogP contribution in [0.15, 0.2) is 30.6 Å². The first-order valence-electron chi connectivity index (χ1n) is 7.25. The van der Waals surface area contributed by atoms with Gasteiger partial charge in [-0.25, -0.2) is 0 Å². The minimum Gasteiger partial charge on any atom is -0.313 e. The topological polar surface area (TPSA) is 37.8 Å². The Balaban J connectivity index is 1.91. The van der Waals surface area contributed by atoms with Crippen LogP contribution in [-0.4, -0.2) is 17.0 Å². The van der Waals surface area contributed by atoms with E-state index in [0.29, 0.717) is 6.04 Å². The van der Waals surface area contributed by atoms with Crippen LogP contribution >= 0.6 is 0 Å². The van der Waals surface area contributed by atoms with Crippen LogP contribution < -0.4 is 5.32 Å². The summed E-state index contributed by atoms with van der Waals surface area (Å²) in [4.78, 5) is 8.92. The normalized spacial score (nSPS) is 17.9. The number of para-hydroxylation sites is 1. The molecule has 0 amide bonds. The van der Waals surface area contributed by atoms with Crippen molar-refractivity contribution < 1.29 is 0 Å². The molecule has 0 aliphatic heterocycles. The van der Waals surface area contributed by atoms with Crippen LogP contribution in [0.3, 0.4) is 0 Å². The molecule has 1 heterocycles. The molecule has 3 nitrogen and oxygen atoms in total. The van der Waals surface area contributed by atoms with Gasteiger partial charge in [0.15, 0.2) is 0 Å². The number of hydrogen-bond acceptors (Lipinski definition) is 3. The van der Waals surface area contributed by atoms with E-state index < -0.39 is 0 Å². The Morgan fingerprint density at radius 1 is 1.21 bits per heavy atom. The third-order valence-electron chi connectivity index (χ3n) is 4.30. The highest BCUT2D eigenvalue weighted by molar-refractivity contribution is 5.78. The summed E-state index contributed by atoms with van der Waals surface area (Å²) in [5, 5.41) is 3.47. The number of aromatic nitrogens is 2. The first kappa shape index (κ1) is 12.5. The van der Waals surface area contributed by atoms with E-state index in [1.165, 1.54) is 37.7 Å². The van der Waals surface area contributed by atoms with E-state index in [4.69, 9.17) is 0 Å². The SMILES string of the molecule is CNC(CC1CCCC1)c1cccc2nccnc12. The number of nitrogens with one attached hydrogen (secondary N) is 1. The molecule has 3 heteroatoms. The zero-order chi connectivity index (χ0) is 13.1. The highest BCUT2D eigenvalue weighted by Crippen LogP contribution is 2.34. The van der Waals surface area contributed by atoms with Crippen LogP contribution in [0.2, 0.25) is 0 Å². The molecule has 1 atom stereocenters. The van der Waals surface area contributed by atoms with Crippen molar-refractivity contribution in [3.63, 3.8) is 0 Å². The smallest absolute Gasteiger partial charge is 0.0934 e. The molecule has 0 bridgehead atoms. The fourth-order valence-electron chi connectivity index (χ4n) is 3.28. The minimum absolute atomic E-state index is 0.392. The van der Waals surface area contributed by atoms with Gasteiger partial charge in [0.1, 0.15) is 0 Å². The highest BCUT2D eigenvalue weighted by Gasteiger charge is 2.21. The molecule has 1 saturated carbocycles. The van der Waals surface area contributed by atoms with Gasteiger partial charge in [-0.15, -0.1) is 0 Å². The van der Waals surface area contributed by atoms with Crippen LogP contribution in [0, 0.1) is 5.92 Å². The van der Waals surface area contributed by atoms with Gasteiger partial charge in [0.05, 0.1) is 11.0 Å². The first-order valence-corrected chi connectivity index (χ1v) is 7.25. The zero-order valence-corrected chi connectivity index (χ0v) is 11.5. The van der Waals surface area contributed by atoms with E-state index >= 15 is 0 Å². The third kappa shape index (κ3) is 2.61. The molecule has 1 N–H and O–H groups in total. The summed E-state index contributed by atoms with van der Waals surface area (Å²) in [6, 6.07) is 6.70. The van der Waals surface area contributed by atoms with E-state index in [1.54, 1.807) is 12.4 Å². The molecule has 1 unspecified atom stereocenters. The molecule has 3 rings (SSSR count). The monoisotopic (exact) mass is 255 g/mol. The number of hydrogen-bond donors (Lipinski definition) is 1. The van der Waals surface area contributed by atoms with Gasteiger partial charge in [0, 0.05) is 18.4 Å². The van der Waals surface area contributed by atoms with Crippen molar-refractivity contribution >= 4 is 11.0 Å². The Morgan fingerprint density at radius 2 is 2.00 bits per heavy atom. The lowest BCUT2D eigenvalue weighted by molar-refractivity contribution is 0.415. The van der Waals surface area contributed by atoms with Crippen molar-refractivity contribution in [1.29, 1.82) is 0 Å². The molecule has 1 aliphatic carbocycles. The van der Waals surface area contributed by atoms with E-state index in [2.05, 4.69) is 34.5 Å². The summed E-state index contributed by atoms with van der Waals surface area (Å²) in [5.41, 5.74) is 3.33. The molecule has 1 fully saturated rings. The lowest BCUT2D eigenvalue weighted by Gasteiger charge is -2.21. The highest BCUT2D eigenvalue weighted by atomic mass is 14.9. The van der Waals surface area contributed by atoms with Crippen molar-refractivity contribution in [3.05, 3.63) is 36.2 Å². The Bertz CT molecular complexity index is 541. The summed E-state index contributed by atoms with van der Waals surface area (Å²) in [7, 11) is 2.05. The fourth-order valence-corrected chi connectivity index (χ4v) is 3.28.